The highest BCUT2D eigenvalue weighted by atomic mass is 16.5. The highest BCUT2D eigenvalue weighted by molar-refractivity contribution is 6.33. The molecule has 0 saturated carbocycles. The third-order valence-electron chi connectivity index (χ3n) is 6.20. The molecule has 1 atom stereocenters. The van der Waals surface area contributed by atoms with Crippen LogP contribution in [0.4, 0.5) is 0 Å². The van der Waals surface area contributed by atoms with E-state index in [1.165, 1.54) is 25.1 Å². The summed E-state index contributed by atoms with van der Waals surface area (Å²) in [6, 6.07) is 17.2. The van der Waals surface area contributed by atoms with Gasteiger partial charge in [-0.1, -0.05) is 48.5 Å². The minimum absolute atomic E-state index is 0.0169. The standard InChI is InChI=1S/C30H29N3O8/c1-17(34)18-5-7-19(8-6-18)20-3-2-4-23(13-20)29(38)33-24(11-12-27(36)37)16-41-26-15-22(28(31)32)10-9-21(26)14-25(35)30(39)40/h2-10,13,15,24H,11-12,14,16H2,1H3,(H3,31,32)(H,33,38)(H,36,37)(H,39,40)/t24-/m1/s1. The van der Waals surface area contributed by atoms with Gasteiger partial charge in [-0.25, -0.2) is 4.79 Å². The number of amidine groups is 1. The van der Waals surface area contributed by atoms with E-state index in [1.54, 1.807) is 42.5 Å². The fourth-order valence-corrected chi connectivity index (χ4v) is 3.94. The molecule has 0 heterocycles. The summed E-state index contributed by atoms with van der Waals surface area (Å²) in [6.45, 7) is 1.27. The highest BCUT2D eigenvalue weighted by Crippen LogP contribution is 2.23. The molecule has 0 aliphatic heterocycles. The van der Waals surface area contributed by atoms with Gasteiger partial charge in [-0.05, 0) is 42.7 Å². The van der Waals surface area contributed by atoms with Crippen LogP contribution in [0.2, 0.25) is 0 Å². The van der Waals surface area contributed by atoms with Gasteiger partial charge in [0.05, 0.1) is 6.04 Å². The SMILES string of the molecule is CC(=O)c1ccc(-c2cccc(C(=O)N[C@H](CCC(=O)O)COc3cc(C(=N)N)ccc3CC(=O)C(=O)O)c2)cc1. The Hall–Kier alpha value is -5.32. The maximum atomic E-state index is 13.2. The summed E-state index contributed by atoms with van der Waals surface area (Å²) in [5.74, 6) is -4.51. The van der Waals surface area contributed by atoms with Crippen molar-refractivity contribution >= 4 is 35.2 Å². The van der Waals surface area contributed by atoms with Gasteiger partial charge in [0.15, 0.2) is 5.78 Å². The monoisotopic (exact) mass is 559 g/mol. The Labute approximate surface area is 235 Å². The van der Waals surface area contributed by atoms with Crippen LogP contribution in [0.15, 0.2) is 66.7 Å². The molecular formula is C30H29N3O8. The Morgan fingerprint density at radius 1 is 0.902 bits per heavy atom. The van der Waals surface area contributed by atoms with Crippen molar-refractivity contribution in [3.63, 3.8) is 0 Å². The Kier molecular flexibility index (Phi) is 10.1. The van der Waals surface area contributed by atoms with Gasteiger partial charge in [-0.2, -0.15) is 0 Å². The van der Waals surface area contributed by atoms with Crippen molar-refractivity contribution in [3.05, 3.63) is 89.0 Å². The lowest BCUT2D eigenvalue weighted by atomic mass is 10.0. The van der Waals surface area contributed by atoms with Crippen LogP contribution in [0.3, 0.4) is 0 Å². The van der Waals surface area contributed by atoms with Crippen molar-refractivity contribution in [1.29, 1.82) is 5.41 Å². The van der Waals surface area contributed by atoms with E-state index in [2.05, 4.69) is 5.32 Å². The molecule has 0 bridgehead atoms. The number of nitrogens with one attached hydrogen (secondary N) is 2. The number of ketones is 2. The average molecular weight is 560 g/mol. The molecule has 0 aliphatic rings. The molecule has 0 aliphatic carbocycles. The van der Waals surface area contributed by atoms with Crippen molar-refractivity contribution in [3.8, 4) is 16.9 Å². The van der Waals surface area contributed by atoms with E-state index < -0.39 is 36.1 Å². The number of nitrogen functional groups attached to an aromatic ring is 1. The van der Waals surface area contributed by atoms with Gasteiger partial charge in [0.1, 0.15) is 18.2 Å². The second-order valence-corrected chi connectivity index (χ2v) is 9.27. The van der Waals surface area contributed by atoms with Crippen LogP contribution in [0, 0.1) is 5.41 Å². The number of carboxylic acid groups (broad SMARTS) is 2. The fraction of sp³-hybridized carbons (Fsp3) is 0.200. The molecule has 0 saturated heterocycles. The van der Waals surface area contributed by atoms with E-state index in [9.17, 15) is 29.1 Å². The molecule has 0 radical (unpaired) electrons. The van der Waals surface area contributed by atoms with Gasteiger partial charge in [-0.3, -0.25) is 24.6 Å². The number of carbonyl (C=O) groups excluding carboxylic acids is 3. The minimum atomic E-state index is -1.62. The Morgan fingerprint density at radius 3 is 2.20 bits per heavy atom. The second kappa shape index (κ2) is 13.7. The lowest BCUT2D eigenvalue weighted by Crippen LogP contribution is -2.39. The Bertz CT molecular complexity index is 1500. The largest absolute Gasteiger partial charge is 0.491 e. The number of Topliss-reactive ketones (excluding diaryl/α,β-unsaturated/α-hetero) is 2. The zero-order valence-electron chi connectivity index (χ0n) is 22.2. The molecule has 3 aromatic carbocycles. The number of hydrogen-bond acceptors (Lipinski definition) is 7. The highest BCUT2D eigenvalue weighted by Gasteiger charge is 2.20. The summed E-state index contributed by atoms with van der Waals surface area (Å²) in [7, 11) is 0. The molecule has 3 aromatic rings. The predicted molar refractivity (Wildman–Crippen MR) is 149 cm³/mol. The second-order valence-electron chi connectivity index (χ2n) is 9.27. The molecule has 0 aromatic heterocycles. The first-order chi connectivity index (χ1) is 19.4. The maximum Gasteiger partial charge on any atom is 0.372 e. The molecule has 11 heteroatoms. The average Bonchev–Trinajstić information content (AvgIpc) is 2.94. The van der Waals surface area contributed by atoms with Crippen molar-refractivity contribution in [2.24, 2.45) is 5.73 Å². The number of rotatable bonds is 14. The molecule has 11 nitrogen and oxygen atoms in total. The van der Waals surface area contributed by atoms with Crippen molar-refractivity contribution in [2.45, 2.75) is 32.2 Å². The third kappa shape index (κ3) is 8.59. The lowest BCUT2D eigenvalue weighted by molar-refractivity contribution is -0.148. The van der Waals surface area contributed by atoms with E-state index in [-0.39, 0.29) is 47.9 Å². The Morgan fingerprint density at radius 2 is 1.59 bits per heavy atom. The zero-order valence-corrected chi connectivity index (χ0v) is 22.2. The number of carboxylic acids is 2. The minimum Gasteiger partial charge on any atom is -0.491 e. The van der Waals surface area contributed by atoms with Crippen molar-refractivity contribution < 1.29 is 38.9 Å². The summed E-state index contributed by atoms with van der Waals surface area (Å²) in [4.78, 5) is 58.8. The number of carbonyl (C=O) groups is 5. The van der Waals surface area contributed by atoms with Crippen LogP contribution in [0.25, 0.3) is 11.1 Å². The number of aliphatic carboxylic acids is 2. The molecule has 0 fully saturated rings. The number of ether oxygens (including phenoxy) is 1. The van der Waals surface area contributed by atoms with Crippen LogP contribution in [0.1, 0.15) is 51.6 Å². The van der Waals surface area contributed by atoms with Gasteiger partial charge in [0.25, 0.3) is 5.91 Å². The predicted octanol–water partition coefficient (Wildman–Crippen LogP) is 3.08. The summed E-state index contributed by atoms with van der Waals surface area (Å²) in [5, 5.41) is 28.6. The van der Waals surface area contributed by atoms with Crippen LogP contribution >= 0.6 is 0 Å². The Balaban J connectivity index is 1.81. The summed E-state index contributed by atoms with van der Waals surface area (Å²) >= 11 is 0. The number of hydrogen-bond donors (Lipinski definition) is 5. The molecule has 0 unspecified atom stereocenters. The van der Waals surface area contributed by atoms with Gasteiger partial charge in [0.2, 0.25) is 5.78 Å². The third-order valence-corrected chi connectivity index (χ3v) is 6.20. The smallest absolute Gasteiger partial charge is 0.372 e. The van der Waals surface area contributed by atoms with Gasteiger partial charge in [0, 0.05) is 35.1 Å². The number of nitrogens with two attached hydrogens (primary N) is 1. The molecule has 212 valence electrons. The van der Waals surface area contributed by atoms with Gasteiger partial charge in [-0.15, -0.1) is 0 Å². The van der Waals surface area contributed by atoms with E-state index in [0.29, 0.717) is 11.1 Å². The first kappa shape index (κ1) is 30.2. The maximum absolute atomic E-state index is 13.2. The van der Waals surface area contributed by atoms with E-state index in [4.69, 9.17) is 21.0 Å². The zero-order chi connectivity index (χ0) is 30.1. The van der Waals surface area contributed by atoms with Crippen molar-refractivity contribution in [1.82, 2.24) is 5.32 Å². The molecule has 0 spiro atoms. The summed E-state index contributed by atoms with van der Waals surface area (Å²) in [5.41, 5.74) is 8.46. The molecule has 1 amide bonds. The van der Waals surface area contributed by atoms with Crippen LogP contribution in [-0.2, 0) is 20.8 Å². The topological polar surface area (TPSA) is 197 Å². The molecule has 3 rings (SSSR count). The van der Waals surface area contributed by atoms with E-state index in [0.717, 1.165) is 11.1 Å². The normalized spacial score (nSPS) is 11.2. The number of benzene rings is 3. The summed E-state index contributed by atoms with van der Waals surface area (Å²) < 4.78 is 5.83. The first-order valence-electron chi connectivity index (χ1n) is 12.5. The summed E-state index contributed by atoms with van der Waals surface area (Å²) in [6.07, 6.45) is -0.729. The quantitative estimate of drug-likeness (QED) is 0.0853. The lowest BCUT2D eigenvalue weighted by Gasteiger charge is -2.20. The molecule has 6 N–H and O–H groups in total. The van der Waals surface area contributed by atoms with Crippen LogP contribution in [-0.4, -0.2) is 58.1 Å². The first-order valence-corrected chi connectivity index (χ1v) is 12.5. The molecular weight excluding hydrogens is 530 g/mol. The van der Waals surface area contributed by atoms with Crippen LogP contribution in [0.5, 0.6) is 5.75 Å². The van der Waals surface area contributed by atoms with Gasteiger partial charge >= 0.3 is 11.9 Å². The van der Waals surface area contributed by atoms with E-state index >= 15 is 0 Å². The van der Waals surface area contributed by atoms with Gasteiger partial charge < -0.3 is 26.0 Å². The fourth-order valence-electron chi connectivity index (χ4n) is 3.94. The van der Waals surface area contributed by atoms with Crippen molar-refractivity contribution in [2.75, 3.05) is 6.61 Å². The van der Waals surface area contributed by atoms with E-state index in [1.807, 2.05) is 6.07 Å². The molecule has 41 heavy (non-hydrogen) atoms. The number of amides is 1. The van der Waals surface area contributed by atoms with Crippen LogP contribution < -0.4 is 15.8 Å².